The summed E-state index contributed by atoms with van der Waals surface area (Å²) in [5.74, 6) is -0.341. The third-order valence-electron chi connectivity index (χ3n) is 4.08. The van der Waals surface area contributed by atoms with Gasteiger partial charge in [0.2, 0.25) is 11.8 Å². The van der Waals surface area contributed by atoms with Gasteiger partial charge >= 0.3 is 0 Å². The maximum atomic E-state index is 13.2. The molecule has 5 nitrogen and oxygen atoms in total. The van der Waals surface area contributed by atoms with Gasteiger partial charge in [-0.3, -0.25) is 9.59 Å². The number of carbonyl (C=O) groups excluding carboxylic acids is 2. The third kappa shape index (κ3) is 4.72. The van der Waals surface area contributed by atoms with Gasteiger partial charge in [0.25, 0.3) is 0 Å². The predicted molar refractivity (Wildman–Crippen MR) is 112 cm³/mol. The second-order valence-electron chi connectivity index (χ2n) is 5.99. The number of amides is 2. The van der Waals surface area contributed by atoms with Gasteiger partial charge in [0, 0.05) is 10.5 Å². The molecule has 0 aliphatic rings. The number of thioether (sulfide) groups is 1. The van der Waals surface area contributed by atoms with Gasteiger partial charge in [-0.1, -0.05) is 48.5 Å². The lowest BCUT2D eigenvalue weighted by Crippen LogP contribution is -2.20. The van der Waals surface area contributed by atoms with Gasteiger partial charge in [-0.25, -0.2) is 0 Å². The molecule has 0 saturated heterocycles. The molecule has 6 heteroatoms. The Morgan fingerprint density at radius 3 is 2.21 bits per heavy atom. The number of nitrogens with two attached hydrogens (primary N) is 1. The highest BCUT2D eigenvalue weighted by Crippen LogP contribution is 2.37. The first kappa shape index (κ1) is 19.5. The van der Waals surface area contributed by atoms with Crippen molar-refractivity contribution >= 4 is 29.3 Å². The van der Waals surface area contributed by atoms with Crippen LogP contribution in [-0.2, 0) is 4.79 Å². The Morgan fingerprint density at radius 1 is 0.964 bits per heavy atom. The highest BCUT2D eigenvalue weighted by molar-refractivity contribution is 8.00. The van der Waals surface area contributed by atoms with Crippen molar-refractivity contribution in [2.75, 3.05) is 12.4 Å². The van der Waals surface area contributed by atoms with Crippen molar-refractivity contribution in [3.05, 3.63) is 90.0 Å². The maximum absolute atomic E-state index is 13.2. The molecule has 0 heterocycles. The molecule has 0 aromatic heterocycles. The fourth-order valence-corrected chi connectivity index (χ4v) is 3.74. The molecular formula is C22H20N2O3S. The van der Waals surface area contributed by atoms with Gasteiger partial charge in [-0.15, -0.1) is 11.8 Å². The lowest BCUT2D eigenvalue weighted by atomic mass is 10.1. The number of rotatable bonds is 7. The number of carbonyl (C=O) groups is 2. The van der Waals surface area contributed by atoms with Gasteiger partial charge in [0.1, 0.15) is 11.0 Å². The number of nitrogens with one attached hydrogen (secondary N) is 1. The number of hydrogen-bond acceptors (Lipinski definition) is 4. The minimum absolute atomic E-state index is 0.222. The summed E-state index contributed by atoms with van der Waals surface area (Å²) < 4.78 is 5.31. The van der Waals surface area contributed by atoms with Gasteiger partial charge < -0.3 is 15.8 Å². The first-order valence-electron chi connectivity index (χ1n) is 8.64. The van der Waals surface area contributed by atoms with E-state index in [0.29, 0.717) is 17.0 Å². The Labute approximate surface area is 167 Å². The van der Waals surface area contributed by atoms with E-state index >= 15 is 0 Å². The quantitative estimate of drug-likeness (QED) is 0.589. The summed E-state index contributed by atoms with van der Waals surface area (Å²) in [4.78, 5) is 25.6. The highest BCUT2D eigenvalue weighted by Gasteiger charge is 2.23. The molecule has 0 bridgehead atoms. The van der Waals surface area contributed by atoms with E-state index in [4.69, 9.17) is 10.5 Å². The molecule has 142 valence electrons. The topological polar surface area (TPSA) is 81.4 Å². The van der Waals surface area contributed by atoms with Crippen molar-refractivity contribution in [3.8, 4) is 5.75 Å². The molecule has 3 N–H and O–H groups in total. The summed E-state index contributed by atoms with van der Waals surface area (Å²) in [6.07, 6.45) is 0. The normalized spacial score (nSPS) is 11.5. The third-order valence-corrected chi connectivity index (χ3v) is 5.35. The van der Waals surface area contributed by atoms with Crippen LogP contribution in [-0.4, -0.2) is 18.9 Å². The minimum atomic E-state index is -0.573. The molecule has 28 heavy (non-hydrogen) atoms. The first-order valence-corrected chi connectivity index (χ1v) is 9.52. The summed E-state index contributed by atoms with van der Waals surface area (Å²) in [5, 5.41) is 2.40. The molecular weight excluding hydrogens is 372 g/mol. The van der Waals surface area contributed by atoms with Crippen LogP contribution in [0.3, 0.4) is 0 Å². The summed E-state index contributed by atoms with van der Waals surface area (Å²) in [6, 6.07) is 23.9. The van der Waals surface area contributed by atoms with Crippen LogP contribution in [0.15, 0.2) is 83.8 Å². The molecule has 0 aliphatic heterocycles. The van der Waals surface area contributed by atoms with Gasteiger partial charge in [0.05, 0.1) is 12.8 Å². The minimum Gasteiger partial charge on any atom is -0.495 e. The van der Waals surface area contributed by atoms with E-state index in [1.54, 1.807) is 12.1 Å². The van der Waals surface area contributed by atoms with Crippen LogP contribution in [0.25, 0.3) is 0 Å². The molecule has 3 aromatic rings. The molecule has 0 spiro atoms. The first-order chi connectivity index (χ1) is 13.6. The fraction of sp³-hybridized carbons (Fsp3) is 0.0909. The standard InChI is InChI=1S/C22H20N2O3S/c1-27-19-13-12-16(21(23)25)14-18(19)24-22(26)20(15-8-4-2-5-9-15)28-17-10-6-3-7-11-17/h2-14,20H,1H3,(H2,23,25)(H,24,26). The molecule has 0 saturated carbocycles. The Balaban J connectivity index is 1.92. The Morgan fingerprint density at radius 2 is 1.61 bits per heavy atom. The Kier molecular flexibility index (Phi) is 6.34. The molecule has 3 rings (SSSR count). The second-order valence-corrected chi connectivity index (χ2v) is 7.17. The van der Waals surface area contributed by atoms with Crippen molar-refractivity contribution in [1.29, 1.82) is 0 Å². The van der Waals surface area contributed by atoms with Gasteiger partial charge in [-0.05, 0) is 35.9 Å². The zero-order chi connectivity index (χ0) is 19.9. The molecule has 0 fully saturated rings. The highest BCUT2D eigenvalue weighted by atomic mass is 32.2. The second kappa shape index (κ2) is 9.10. The molecule has 1 unspecified atom stereocenters. The van der Waals surface area contributed by atoms with E-state index in [1.807, 2.05) is 60.7 Å². The number of methoxy groups -OCH3 is 1. The van der Waals surface area contributed by atoms with E-state index in [0.717, 1.165) is 10.5 Å². The Hall–Kier alpha value is -3.25. The maximum Gasteiger partial charge on any atom is 0.248 e. The van der Waals surface area contributed by atoms with Crippen LogP contribution >= 0.6 is 11.8 Å². The summed E-state index contributed by atoms with van der Waals surface area (Å²) in [6.45, 7) is 0. The van der Waals surface area contributed by atoms with Crippen molar-refractivity contribution in [2.45, 2.75) is 10.1 Å². The molecule has 1 atom stereocenters. The van der Waals surface area contributed by atoms with Gasteiger partial charge in [-0.2, -0.15) is 0 Å². The zero-order valence-electron chi connectivity index (χ0n) is 15.3. The lowest BCUT2D eigenvalue weighted by molar-refractivity contribution is -0.115. The fourth-order valence-electron chi connectivity index (χ4n) is 2.69. The Bertz CT molecular complexity index is 962. The van der Waals surface area contributed by atoms with E-state index in [-0.39, 0.29) is 5.91 Å². The predicted octanol–water partition coefficient (Wildman–Crippen LogP) is 4.27. The summed E-state index contributed by atoms with van der Waals surface area (Å²) >= 11 is 1.45. The van der Waals surface area contributed by atoms with Crippen LogP contribution in [0, 0.1) is 0 Å². The summed E-state index contributed by atoms with van der Waals surface area (Å²) in [7, 11) is 1.50. The average Bonchev–Trinajstić information content (AvgIpc) is 2.73. The largest absolute Gasteiger partial charge is 0.495 e. The number of ether oxygens (including phenoxy) is 1. The lowest BCUT2D eigenvalue weighted by Gasteiger charge is -2.18. The smallest absolute Gasteiger partial charge is 0.248 e. The van der Waals surface area contributed by atoms with Crippen LogP contribution in [0.2, 0.25) is 0 Å². The van der Waals surface area contributed by atoms with E-state index in [1.165, 1.54) is 24.9 Å². The molecule has 0 radical (unpaired) electrons. The monoisotopic (exact) mass is 392 g/mol. The zero-order valence-corrected chi connectivity index (χ0v) is 16.1. The average molecular weight is 392 g/mol. The van der Waals surface area contributed by atoms with Crippen LogP contribution in [0.1, 0.15) is 21.2 Å². The van der Waals surface area contributed by atoms with Crippen molar-refractivity contribution in [1.82, 2.24) is 0 Å². The number of hydrogen-bond donors (Lipinski definition) is 2. The van der Waals surface area contributed by atoms with Crippen LogP contribution < -0.4 is 15.8 Å². The van der Waals surface area contributed by atoms with Crippen molar-refractivity contribution in [2.24, 2.45) is 5.73 Å². The number of primary amides is 1. The van der Waals surface area contributed by atoms with Crippen LogP contribution in [0.4, 0.5) is 5.69 Å². The molecule has 2 amide bonds. The summed E-state index contributed by atoms with van der Waals surface area (Å²) in [5.41, 5.74) is 6.93. The number of benzene rings is 3. The molecule has 0 aliphatic carbocycles. The van der Waals surface area contributed by atoms with E-state index in [2.05, 4.69) is 5.32 Å². The molecule has 3 aromatic carbocycles. The van der Waals surface area contributed by atoms with Crippen molar-refractivity contribution in [3.63, 3.8) is 0 Å². The SMILES string of the molecule is COc1ccc(C(N)=O)cc1NC(=O)C(Sc1ccccc1)c1ccccc1. The van der Waals surface area contributed by atoms with Crippen LogP contribution in [0.5, 0.6) is 5.75 Å². The van der Waals surface area contributed by atoms with E-state index < -0.39 is 11.2 Å². The van der Waals surface area contributed by atoms with Crippen molar-refractivity contribution < 1.29 is 14.3 Å². The van der Waals surface area contributed by atoms with Gasteiger partial charge in [0.15, 0.2) is 0 Å². The number of anilines is 1. The van der Waals surface area contributed by atoms with E-state index in [9.17, 15) is 9.59 Å².